The first-order valence-electron chi connectivity index (χ1n) is 34.3. The molecule has 0 aromatic heterocycles. The van der Waals surface area contributed by atoms with E-state index in [1.54, 1.807) is 121 Å². The molecule has 0 bridgehead atoms. The normalized spacial score (nSPS) is 21.9. The monoisotopic (exact) mass is 1360 g/mol. The third kappa shape index (κ3) is 16.6. The van der Waals surface area contributed by atoms with Gasteiger partial charge in [-0.05, 0) is 241 Å². The van der Waals surface area contributed by atoms with Crippen molar-refractivity contribution in [1.82, 2.24) is 0 Å². The molecule has 97 heavy (non-hydrogen) atoms. The van der Waals surface area contributed by atoms with Crippen molar-refractivity contribution in [1.29, 1.82) is 0 Å². The summed E-state index contributed by atoms with van der Waals surface area (Å²) in [4.78, 5) is 80.1. The Morgan fingerprint density at radius 1 is 0.495 bits per heavy atom. The van der Waals surface area contributed by atoms with Gasteiger partial charge in [0.2, 0.25) is 0 Å². The Kier molecular flexibility index (Phi) is 23.8. The van der Waals surface area contributed by atoms with Gasteiger partial charge in [0.1, 0.15) is 37.6 Å². The van der Waals surface area contributed by atoms with E-state index in [9.17, 15) is 28.8 Å². The van der Waals surface area contributed by atoms with Gasteiger partial charge in [0, 0.05) is 0 Å². The summed E-state index contributed by atoms with van der Waals surface area (Å²) in [6.45, 7) is 11.9. The van der Waals surface area contributed by atoms with Gasteiger partial charge < -0.3 is 37.9 Å². The maximum absolute atomic E-state index is 14.9. The van der Waals surface area contributed by atoms with Crippen LogP contribution in [0.2, 0.25) is 10.0 Å². The Hall–Kier alpha value is -7.94. The number of allylic oxidation sites excluding steroid dienone is 1. The van der Waals surface area contributed by atoms with Crippen molar-refractivity contribution in [3.8, 4) is 11.5 Å². The fraction of sp³-hybridized carbons (Fsp3) is 0.457. The molecule has 6 aromatic rings. The molecule has 4 saturated carbocycles. The molecule has 0 spiro atoms. The Morgan fingerprint density at radius 2 is 0.938 bits per heavy atom. The van der Waals surface area contributed by atoms with Crippen LogP contribution in [0.5, 0.6) is 11.5 Å². The molecule has 514 valence electrons. The van der Waals surface area contributed by atoms with Gasteiger partial charge in [-0.3, -0.25) is 0 Å². The number of esters is 6. The number of hydrogen-bond acceptors (Lipinski definition) is 14. The van der Waals surface area contributed by atoms with Crippen molar-refractivity contribution >= 4 is 64.6 Å². The smallest absolute Gasteiger partial charge is 0.342 e. The van der Waals surface area contributed by atoms with E-state index in [4.69, 9.17) is 61.1 Å². The van der Waals surface area contributed by atoms with Gasteiger partial charge in [0.15, 0.2) is 11.5 Å². The SMILES string of the molecule is COC(=O)c1cccc(COC(=O)c2cc(C(=CCC[C@H]3CC[C@@]4(C)[C@@H](CC[C@@H]5[C@@H]4CC[C@]4(C)[C@@H]([C@H](C)CCCC(C)C)CC[C@@H]54)C3)c3cc(Cl)c(OCc4cccc(C(=O)OC)c4)c(C(=O)OCc4cccc(C(=O)OC)c4)c3)cc(Cl)c2OCc2cccc(C(=O)OC)c2)c1. The average Bonchev–Trinajstić information content (AvgIpc) is 1.69. The van der Waals surface area contributed by atoms with Gasteiger partial charge in [0.05, 0.1) is 60.7 Å². The van der Waals surface area contributed by atoms with Crippen LogP contribution in [0.4, 0.5) is 0 Å². The number of hydrogen-bond donors (Lipinski definition) is 0. The molecule has 10 rings (SSSR count). The van der Waals surface area contributed by atoms with Crippen LogP contribution in [0.1, 0.15) is 220 Å². The van der Waals surface area contributed by atoms with E-state index in [1.165, 1.54) is 92.6 Å². The van der Waals surface area contributed by atoms with Crippen LogP contribution in [0, 0.1) is 58.2 Å². The standard InChI is InChI=1S/C81H92Cl2O14/c1-49(2)16-10-17-50(3)67-30-31-68-64-29-28-62-40-51(32-34-80(62,4)69(64)33-35-81(67,68)5)18-15-27-63(60-41-65(78(88)96-47-54-21-13-25-58(38-54)76(86)92-8)72(70(82)43-60)94-45-52-19-11-23-56(36-52)74(84)90-6)61-42-66(79(89)97-48-55-22-14-26-59(39-55)77(87)93-9)73(71(83)44-61)95-46-53-20-12-24-57(37-53)75(85)91-7/h11-14,19-27,36-39,41-44,49-51,62,64,67-69H,10,15-18,28-35,40,45-48H2,1-9H3/t50-,51+,62+,64+,67-,68+,69+,80+,81-/m1/s1. The molecule has 0 N–H and O–H groups in total. The number of benzene rings is 6. The molecule has 0 heterocycles. The molecule has 4 aliphatic rings. The van der Waals surface area contributed by atoms with E-state index in [2.05, 4.69) is 40.7 Å². The quantitative estimate of drug-likeness (QED) is 0.0370. The van der Waals surface area contributed by atoms with Crippen molar-refractivity contribution in [2.24, 2.45) is 58.2 Å². The Morgan fingerprint density at radius 3 is 1.39 bits per heavy atom. The summed E-state index contributed by atoms with van der Waals surface area (Å²) in [5.74, 6) is 1.98. The number of ether oxygens (including phenoxy) is 8. The molecule has 14 nitrogen and oxygen atoms in total. The minimum Gasteiger partial charge on any atom is -0.486 e. The lowest BCUT2D eigenvalue weighted by molar-refractivity contribution is -0.121. The van der Waals surface area contributed by atoms with Crippen LogP contribution in [0.15, 0.2) is 127 Å². The molecular weight excluding hydrogens is 1270 g/mol. The first-order chi connectivity index (χ1) is 46.6. The Bertz CT molecular complexity index is 3700. The van der Waals surface area contributed by atoms with E-state index >= 15 is 0 Å². The second-order valence-electron chi connectivity index (χ2n) is 28.2. The van der Waals surface area contributed by atoms with Crippen LogP contribution < -0.4 is 9.47 Å². The van der Waals surface area contributed by atoms with E-state index in [0.717, 1.165) is 54.8 Å². The van der Waals surface area contributed by atoms with Gasteiger partial charge >= 0.3 is 35.8 Å². The van der Waals surface area contributed by atoms with E-state index < -0.39 is 35.8 Å². The summed E-state index contributed by atoms with van der Waals surface area (Å²) in [5, 5.41) is 0.103. The highest BCUT2D eigenvalue weighted by atomic mass is 35.5. The molecule has 6 aromatic carbocycles. The van der Waals surface area contributed by atoms with Crippen LogP contribution in [0.3, 0.4) is 0 Å². The first kappa shape index (κ1) is 71.8. The lowest BCUT2D eigenvalue weighted by atomic mass is 9.44. The van der Waals surface area contributed by atoms with Crippen LogP contribution in [-0.2, 0) is 54.8 Å². The summed E-state index contributed by atoms with van der Waals surface area (Å²) < 4.78 is 44.9. The zero-order valence-electron chi connectivity index (χ0n) is 57.4. The Balaban J connectivity index is 1.00. The average molecular weight is 1360 g/mol. The lowest BCUT2D eigenvalue weighted by Gasteiger charge is -2.61. The summed E-state index contributed by atoms with van der Waals surface area (Å²) in [6, 6.07) is 33.2. The largest absolute Gasteiger partial charge is 0.486 e. The van der Waals surface area contributed by atoms with Crippen LogP contribution in [-0.4, -0.2) is 64.3 Å². The van der Waals surface area contributed by atoms with Crippen molar-refractivity contribution in [2.45, 2.75) is 151 Å². The molecule has 0 amide bonds. The van der Waals surface area contributed by atoms with Gasteiger partial charge in [-0.1, -0.05) is 132 Å². The van der Waals surface area contributed by atoms with Crippen molar-refractivity contribution in [3.63, 3.8) is 0 Å². The minimum absolute atomic E-state index is 0.00195. The zero-order valence-corrected chi connectivity index (χ0v) is 59.0. The first-order valence-corrected chi connectivity index (χ1v) is 35.1. The predicted molar refractivity (Wildman–Crippen MR) is 374 cm³/mol. The van der Waals surface area contributed by atoms with E-state index in [0.29, 0.717) is 79.2 Å². The summed E-state index contributed by atoms with van der Waals surface area (Å²) in [6.07, 6.45) is 19.1. The number of methoxy groups -OCH3 is 4. The zero-order chi connectivity index (χ0) is 69.1. The highest BCUT2D eigenvalue weighted by Crippen LogP contribution is 2.69. The van der Waals surface area contributed by atoms with E-state index in [1.807, 2.05) is 0 Å². The number of carbonyl (C=O) groups excluding carboxylic acids is 6. The third-order valence-corrected chi connectivity index (χ3v) is 22.5. The second-order valence-corrected chi connectivity index (χ2v) is 29.0. The van der Waals surface area contributed by atoms with Crippen molar-refractivity contribution in [3.05, 3.63) is 204 Å². The molecule has 0 unspecified atom stereocenters. The summed E-state index contributed by atoms with van der Waals surface area (Å²) >= 11 is 14.8. The van der Waals surface area contributed by atoms with Gasteiger partial charge in [-0.2, -0.15) is 0 Å². The fourth-order valence-electron chi connectivity index (χ4n) is 17.0. The predicted octanol–water partition coefficient (Wildman–Crippen LogP) is 19.0. The highest BCUT2D eigenvalue weighted by molar-refractivity contribution is 6.33. The summed E-state index contributed by atoms with van der Waals surface area (Å²) in [7, 11) is 5.17. The maximum Gasteiger partial charge on any atom is 0.342 e. The number of halogens is 2. The van der Waals surface area contributed by atoms with Crippen molar-refractivity contribution < 1.29 is 66.7 Å². The number of fused-ring (bicyclic) bond motifs is 5. The second kappa shape index (κ2) is 32.2. The molecule has 0 radical (unpaired) electrons. The minimum atomic E-state index is -0.801. The van der Waals surface area contributed by atoms with E-state index in [-0.39, 0.29) is 70.2 Å². The fourth-order valence-corrected chi connectivity index (χ4v) is 17.5. The molecule has 4 aliphatic carbocycles. The number of rotatable bonds is 26. The van der Waals surface area contributed by atoms with Crippen molar-refractivity contribution in [2.75, 3.05) is 28.4 Å². The van der Waals surface area contributed by atoms with Crippen LogP contribution in [0.25, 0.3) is 5.57 Å². The van der Waals surface area contributed by atoms with Gasteiger partial charge in [-0.15, -0.1) is 0 Å². The molecule has 9 atom stereocenters. The van der Waals surface area contributed by atoms with Crippen LogP contribution >= 0.6 is 23.2 Å². The van der Waals surface area contributed by atoms with Gasteiger partial charge in [0.25, 0.3) is 0 Å². The molecule has 4 fully saturated rings. The maximum atomic E-state index is 14.9. The third-order valence-electron chi connectivity index (χ3n) is 21.9. The summed E-state index contributed by atoms with van der Waals surface area (Å²) in [5.41, 5.74) is 5.50. The van der Waals surface area contributed by atoms with Gasteiger partial charge in [-0.25, -0.2) is 28.8 Å². The highest BCUT2D eigenvalue weighted by Gasteiger charge is 2.60. The molecular formula is C81H92Cl2O14. The molecule has 16 heteroatoms. The lowest BCUT2D eigenvalue weighted by Crippen LogP contribution is -2.53. The Labute approximate surface area is 581 Å². The number of carbonyl (C=O) groups is 6. The molecule has 0 saturated heterocycles. The topological polar surface area (TPSA) is 176 Å². The molecule has 0 aliphatic heterocycles.